The number of rotatable bonds is 13. The lowest BCUT2D eigenvalue weighted by molar-refractivity contribution is 0.137. The molecule has 190 valence electrons. The number of benzene rings is 1. The minimum absolute atomic E-state index is 0.303. The van der Waals surface area contributed by atoms with E-state index in [-0.39, 0.29) is 6.10 Å². The van der Waals surface area contributed by atoms with Crippen LogP contribution in [-0.4, -0.2) is 61.1 Å². The van der Waals surface area contributed by atoms with Crippen molar-refractivity contribution in [3.05, 3.63) is 34.4 Å². The molecule has 1 aromatic rings. The molecule has 1 unspecified atom stereocenters. The van der Waals surface area contributed by atoms with Crippen molar-refractivity contribution in [2.24, 2.45) is 21.8 Å². The molecular formula is C27H43BrN4OS. The third-order valence-corrected chi connectivity index (χ3v) is 6.99. The Balaban J connectivity index is 0.00000251. The molecule has 0 fully saturated rings. The third-order valence-electron chi connectivity index (χ3n) is 5.22. The first-order valence-electron chi connectivity index (χ1n) is 11.9. The summed E-state index contributed by atoms with van der Waals surface area (Å²) < 4.78 is 0.902. The number of anilines is 1. The van der Waals surface area contributed by atoms with Crippen LogP contribution in [0.25, 0.3) is 0 Å². The number of hydrogen-bond donors (Lipinski definition) is 2. The number of thioether (sulfide) groups is 1. The summed E-state index contributed by atoms with van der Waals surface area (Å²) >= 11 is 5.26. The first-order chi connectivity index (χ1) is 16.2. The highest BCUT2D eigenvalue weighted by Crippen LogP contribution is 2.26. The highest BCUT2D eigenvalue weighted by atomic mass is 79.9. The topological polar surface area (TPSA) is 60.2 Å². The number of nitrogens with one attached hydrogen (secondary N) is 1. The molecule has 1 aromatic carbocycles. The monoisotopic (exact) mass is 550 g/mol. The minimum atomic E-state index is -0.321. The van der Waals surface area contributed by atoms with Gasteiger partial charge in [-0.1, -0.05) is 41.5 Å². The van der Waals surface area contributed by atoms with Gasteiger partial charge in [0.05, 0.1) is 22.6 Å². The van der Waals surface area contributed by atoms with Crippen molar-refractivity contribution in [1.29, 1.82) is 0 Å². The van der Waals surface area contributed by atoms with E-state index >= 15 is 0 Å². The van der Waals surface area contributed by atoms with E-state index in [0.717, 1.165) is 46.8 Å². The summed E-state index contributed by atoms with van der Waals surface area (Å²) in [5.74, 6) is 3.90. The van der Waals surface area contributed by atoms with Gasteiger partial charge in [0.2, 0.25) is 0 Å². The smallest absolute Gasteiger partial charge is 0.0926 e. The van der Waals surface area contributed by atoms with Crippen molar-refractivity contribution in [2.45, 2.75) is 59.0 Å². The van der Waals surface area contributed by atoms with Crippen molar-refractivity contribution in [3.63, 3.8) is 0 Å². The minimum Gasteiger partial charge on any atom is -0.391 e. The second-order valence-corrected chi connectivity index (χ2v) is 10.0. The summed E-state index contributed by atoms with van der Waals surface area (Å²) in [7, 11) is 1.75. The maximum Gasteiger partial charge on any atom is 0.0926 e. The standard InChI is InChI=1S/C23H37BrN4OS.C4H6/c1-7-28(8-2)14-20(29)15-30-21-11-9-19(10-12-21)26-16-27-23(18(5)17(3)4)22(24)13-25-6;1-3-4-2/h9-13,16-18,20,29H,7-8,14-15H2,1-6H3,(H,26,27);1H,4H2,2H3/b23-22+,25-13?;/t18-,20?;/m0./s1. The van der Waals surface area contributed by atoms with E-state index in [1.165, 1.54) is 0 Å². The summed E-state index contributed by atoms with van der Waals surface area (Å²) in [5, 5.41) is 13.5. The van der Waals surface area contributed by atoms with Crippen LogP contribution in [0.2, 0.25) is 0 Å². The van der Waals surface area contributed by atoms with Crippen molar-refractivity contribution in [2.75, 3.05) is 37.8 Å². The van der Waals surface area contributed by atoms with Gasteiger partial charge in [-0.3, -0.25) is 4.99 Å². The predicted molar refractivity (Wildman–Crippen MR) is 157 cm³/mol. The molecule has 0 radical (unpaired) electrons. The van der Waals surface area contributed by atoms with Gasteiger partial charge in [0.1, 0.15) is 0 Å². The van der Waals surface area contributed by atoms with Gasteiger partial charge in [0.25, 0.3) is 0 Å². The van der Waals surface area contributed by atoms with E-state index in [2.05, 4.69) is 88.8 Å². The van der Waals surface area contributed by atoms with Crippen LogP contribution in [0.1, 0.15) is 48.0 Å². The number of hydrogen-bond acceptors (Lipinski definition) is 5. The molecule has 5 nitrogen and oxygen atoms in total. The molecule has 0 aliphatic heterocycles. The number of terminal acetylenes is 1. The first-order valence-corrected chi connectivity index (χ1v) is 13.7. The molecule has 0 aliphatic rings. The van der Waals surface area contributed by atoms with E-state index in [9.17, 15) is 5.11 Å². The molecule has 34 heavy (non-hydrogen) atoms. The molecule has 0 spiro atoms. The SMILES string of the molecule is C#CCC.CCN(CC)CC(O)CSc1ccc(NC=N/C(=C(/Br)C=NC)[C@@H](C)C(C)C)cc1. The van der Waals surface area contributed by atoms with Crippen LogP contribution in [0.4, 0.5) is 5.69 Å². The molecule has 2 atom stereocenters. The summed E-state index contributed by atoms with van der Waals surface area (Å²) in [5.41, 5.74) is 1.95. The zero-order valence-electron chi connectivity index (χ0n) is 21.9. The Kier molecular flexibility index (Phi) is 18.8. The average molecular weight is 552 g/mol. The summed E-state index contributed by atoms with van der Waals surface area (Å²) in [6.07, 6.45) is 8.82. The largest absolute Gasteiger partial charge is 0.391 e. The van der Waals surface area contributed by atoms with Gasteiger partial charge in [-0.15, -0.1) is 24.1 Å². The average Bonchev–Trinajstić information content (AvgIpc) is 2.84. The Morgan fingerprint density at radius 2 is 1.79 bits per heavy atom. The van der Waals surface area contributed by atoms with Crippen LogP contribution in [0.15, 0.2) is 49.3 Å². The maximum atomic E-state index is 10.2. The van der Waals surface area contributed by atoms with Crippen LogP contribution in [-0.2, 0) is 0 Å². The molecule has 0 saturated heterocycles. The lowest BCUT2D eigenvalue weighted by atomic mass is 9.94. The fourth-order valence-corrected chi connectivity index (χ4v) is 4.23. The van der Waals surface area contributed by atoms with E-state index in [1.54, 1.807) is 31.4 Å². The zero-order valence-corrected chi connectivity index (χ0v) is 24.3. The number of aliphatic hydroxyl groups excluding tert-OH is 1. The predicted octanol–water partition coefficient (Wildman–Crippen LogP) is 6.55. The number of allylic oxidation sites excluding steroid dienone is 2. The van der Waals surface area contributed by atoms with Gasteiger partial charge in [-0.05, 0) is 59.2 Å². The molecular weight excluding hydrogens is 508 g/mol. The summed E-state index contributed by atoms with van der Waals surface area (Å²) in [4.78, 5) is 12.1. The van der Waals surface area contributed by atoms with Gasteiger partial charge in [-0.2, -0.15) is 0 Å². The highest BCUT2D eigenvalue weighted by molar-refractivity contribution is 9.12. The quantitative estimate of drug-likeness (QED) is 0.126. The molecule has 0 amide bonds. The zero-order chi connectivity index (χ0) is 25.9. The van der Waals surface area contributed by atoms with Gasteiger partial charge < -0.3 is 15.3 Å². The van der Waals surface area contributed by atoms with Gasteiger partial charge in [0.15, 0.2) is 0 Å². The third kappa shape index (κ3) is 14.0. The highest BCUT2D eigenvalue weighted by Gasteiger charge is 2.15. The van der Waals surface area contributed by atoms with Crippen LogP contribution >= 0.6 is 27.7 Å². The van der Waals surface area contributed by atoms with E-state index < -0.39 is 0 Å². The van der Waals surface area contributed by atoms with Crippen molar-refractivity contribution < 1.29 is 5.11 Å². The van der Waals surface area contributed by atoms with Gasteiger partial charge in [0, 0.05) is 48.5 Å². The number of nitrogens with zero attached hydrogens (tertiary/aromatic N) is 3. The molecule has 0 bridgehead atoms. The van der Waals surface area contributed by atoms with Crippen LogP contribution in [0.5, 0.6) is 0 Å². The fourth-order valence-electron chi connectivity index (χ4n) is 2.74. The molecule has 2 N–H and O–H groups in total. The lowest BCUT2D eigenvalue weighted by Gasteiger charge is -2.21. The number of likely N-dealkylation sites (N-methyl/N-ethyl adjacent to an activating group) is 1. The number of aliphatic hydroxyl groups is 1. The van der Waals surface area contributed by atoms with Crippen LogP contribution < -0.4 is 5.32 Å². The molecule has 0 aromatic heterocycles. The summed E-state index contributed by atoms with van der Waals surface area (Å²) in [6.45, 7) is 15.4. The molecule has 0 aliphatic carbocycles. The fraction of sp³-hybridized carbons (Fsp3) is 0.556. The van der Waals surface area contributed by atoms with Crippen LogP contribution in [0, 0.1) is 24.2 Å². The van der Waals surface area contributed by atoms with Crippen LogP contribution in [0.3, 0.4) is 0 Å². The second-order valence-electron chi connectivity index (χ2n) is 8.09. The molecule has 0 saturated carbocycles. The first kappa shape index (κ1) is 32.4. The Bertz CT molecular complexity index is 796. The second kappa shape index (κ2) is 19.7. The van der Waals surface area contributed by atoms with E-state index in [4.69, 9.17) is 6.42 Å². The number of aliphatic imine (C=N–C) groups is 2. The Morgan fingerprint density at radius 3 is 2.26 bits per heavy atom. The molecule has 7 heteroatoms. The Labute approximate surface area is 220 Å². The number of halogens is 1. The van der Waals surface area contributed by atoms with Gasteiger partial charge in [-0.25, -0.2) is 4.99 Å². The van der Waals surface area contributed by atoms with Crippen molar-refractivity contribution >= 4 is 45.9 Å². The van der Waals surface area contributed by atoms with E-state index in [0.29, 0.717) is 17.6 Å². The maximum absolute atomic E-state index is 10.2. The Morgan fingerprint density at radius 1 is 1.21 bits per heavy atom. The van der Waals surface area contributed by atoms with E-state index in [1.807, 2.05) is 19.1 Å². The summed E-state index contributed by atoms with van der Waals surface area (Å²) in [6, 6.07) is 8.20. The molecule has 0 heterocycles. The van der Waals surface area contributed by atoms with Crippen molar-refractivity contribution in [1.82, 2.24) is 4.90 Å². The van der Waals surface area contributed by atoms with Gasteiger partial charge >= 0.3 is 0 Å². The molecule has 1 rings (SSSR count). The normalized spacial score (nSPS) is 14.1. The lowest BCUT2D eigenvalue weighted by Crippen LogP contribution is -2.33. The Hall–Kier alpha value is -1.59. The van der Waals surface area contributed by atoms with Crippen molar-refractivity contribution in [3.8, 4) is 12.3 Å².